The van der Waals surface area contributed by atoms with Gasteiger partial charge in [0.05, 0.1) is 35.2 Å². The van der Waals surface area contributed by atoms with Gasteiger partial charge in [-0.25, -0.2) is 13.2 Å². The lowest BCUT2D eigenvalue weighted by atomic mass is 10.0. The highest BCUT2D eigenvalue weighted by molar-refractivity contribution is 7.89. The third-order valence-corrected chi connectivity index (χ3v) is 7.72. The zero-order valence-corrected chi connectivity index (χ0v) is 21.7. The van der Waals surface area contributed by atoms with Crippen molar-refractivity contribution in [1.82, 2.24) is 9.62 Å². The van der Waals surface area contributed by atoms with Crippen molar-refractivity contribution in [2.75, 3.05) is 26.3 Å². The second-order valence-corrected chi connectivity index (χ2v) is 11.3. The Morgan fingerprint density at radius 2 is 1.86 bits per heavy atom. The predicted octanol–water partition coefficient (Wildman–Crippen LogP) is 2.73. The number of aliphatic hydroxyl groups excluding tert-OH is 1. The van der Waals surface area contributed by atoms with E-state index < -0.39 is 33.2 Å². The number of nitro groups is 1. The van der Waals surface area contributed by atoms with Gasteiger partial charge in [0, 0.05) is 31.6 Å². The first-order chi connectivity index (χ1) is 17.6. The van der Waals surface area contributed by atoms with Gasteiger partial charge in [-0.3, -0.25) is 10.1 Å². The van der Waals surface area contributed by atoms with E-state index in [0.29, 0.717) is 19.6 Å². The van der Waals surface area contributed by atoms with Crippen molar-refractivity contribution < 1.29 is 32.7 Å². The van der Waals surface area contributed by atoms with Crippen LogP contribution in [0.5, 0.6) is 0 Å². The molecule has 2 N–H and O–H groups in total. The number of non-ortho nitro benzene ring substituents is 1. The van der Waals surface area contributed by atoms with Gasteiger partial charge in [0.15, 0.2) is 0 Å². The lowest BCUT2D eigenvalue weighted by Gasteiger charge is -2.30. The zero-order valence-electron chi connectivity index (χ0n) is 20.9. The standard InChI is InChI=1S/C25H33N3O8S/c1-18(2)15-27(37(33,34)22-10-8-20(9-11-22)28(31)32)16-24(29)23(14-19-6-4-3-5-7-19)26-25(30)36-21-12-13-35-17-21/h3-11,18,21,23-24,29H,12-17H2,1-2H3,(H,26,30)/t21-,23+,24+/m1/s1. The number of ether oxygens (including phenoxy) is 2. The molecule has 1 heterocycles. The SMILES string of the molecule is CC(C)CN(C[C@H](O)[C@H](Cc1ccccc1)NC(=O)O[C@@H]1CCOC1)S(=O)(=O)c1ccc([N+](=O)[O-])cc1. The fourth-order valence-electron chi connectivity index (χ4n) is 4.00. The number of carbonyl (C=O) groups excluding carboxylic acids is 1. The van der Waals surface area contributed by atoms with Crippen molar-refractivity contribution in [2.45, 2.75) is 49.8 Å². The third-order valence-electron chi connectivity index (χ3n) is 5.87. The number of nitro benzene ring substituents is 1. The maximum Gasteiger partial charge on any atom is 0.407 e. The number of amides is 1. The van der Waals surface area contributed by atoms with Crippen molar-refractivity contribution >= 4 is 21.8 Å². The quantitative estimate of drug-likeness (QED) is 0.311. The Kier molecular flexibility index (Phi) is 9.98. The number of alkyl carbamates (subject to hydrolysis) is 1. The van der Waals surface area contributed by atoms with Crippen LogP contribution in [0.2, 0.25) is 0 Å². The number of hydrogen-bond acceptors (Lipinski definition) is 8. The number of nitrogens with zero attached hydrogens (tertiary/aromatic N) is 2. The molecule has 12 heteroatoms. The molecular formula is C25H33N3O8S. The molecule has 1 amide bonds. The first kappa shape index (κ1) is 28.5. The molecule has 2 aromatic rings. The Balaban J connectivity index is 1.81. The van der Waals surface area contributed by atoms with Crippen LogP contribution in [0.4, 0.5) is 10.5 Å². The minimum absolute atomic E-state index is 0.0760. The summed E-state index contributed by atoms with van der Waals surface area (Å²) in [5.41, 5.74) is 0.609. The average molecular weight is 536 g/mol. The van der Waals surface area contributed by atoms with Crippen LogP contribution in [0.1, 0.15) is 25.8 Å². The number of nitrogens with one attached hydrogen (secondary N) is 1. The Labute approximate surface area is 216 Å². The Bertz CT molecular complexity index is 1140. The van der Waals surface area contributed by atoms with Gasteiger partial charge >= 0.3 is 6.09 Å². The van der Waals surface area contributed by atoms with Crippen molar-refractivity contribution in [3.8, 4) is 0 Å². The van der Waals surface area contributed by atoms with Crippen LogP contribution in [0.3, 0.4) is 0 Å². The smallest absolute Gasteiger partial charge is 0.407 e. The minimum Gasteiger partial charge on any atom is -0.444 e. The average Bonchev–Trinajstić information content (AvgIpc) is 3.36. The summed E-state index contributed by atoms with van der Waals surface area (Å²) in [4.78, 5) is 22.8. The van der Waals surface area contributed by atoms with Crippen molar-refractivity contribution in [2.24, 2.45) is 5.92 Å². The molecule has 0 aliphatic carbocycles. The molecule has 0 saturated carbocycles. The molecule has 0 spiro atoms. The number of benzene rings is 2. The number of aliphatic hydroxyl groups is 1. The molecule has 11 nitrogen and oxygen atoms in total. The van der Waals surface area contributed by atoms with E-state index in [4.69, 9.17) is 9.47 Å². The third kappa shape index (κ3) is 8.22. The lowest BCUT2D eigenvalue weighted by molar-refractivity contribution is -0.384. The molecule has 0 radical (unpaired) electrons. The molecule has 1 fully saturated rings. The molecule has 1 aliphatic rings. The van der Waals surface area contributed by atoms with Gasteiger partial charge in [-0.15, -0.1) is 0 Å². The van der Waals surface area contributed by atoms with Crippen LogP contribution in [0.25, 0.3) is 0 Å². The van der Waals surface area contributed by atoms with Gasteiger partial charge in [-0.1, -0.05) is 44.2 Å². The molecule has 0 unspecified atom stereocenters. The van der Waals surface area contributed by atoms with E-state index in [0.717, 1.165) is 22.0 Å². The summed E-state index contributed by atoms with van der Waals surface area (Å²) >= 11 is 0. The van der Waals surface area contributed by atoms with E-state index in [1.807, 2.05) is 44.2 Å². The maximum atomic E-state index is 13.4. The molecule has 37 heavy (non-hydrogen) atoms. The van der Waals surface area contributed by atoms with E-state index in [1.165, 1.54) is 12.1 Å². The van der Waals surface area contributed by atoms with Crippen LogP contribution in [-0.2, 0) is 25.9 Å². The summed E-state index contributed by atoms with van der Waals surface area (Å²) in [5, 5.41) is 24.9. The summed E-state index contributed by atoms with van der Waals surface area (Å²) in [6.45, 7) is 4.27. The van der Waals surface area contributed by atoms with Gasteiger partial charge in [0.1, 0.15) is 6.10 Å². The summed E-state index contributed by atoms with van der Waals surface area (Å²) in [6.07, 6.45) is -1.56. The Morgan fingerprint density at radius 1 is 1.19 bits per heavy atom. The minimum atomic E-state index is -4.10. The van der Waals surface area contributed by atoms with Crippen LogP contribution in [0, 0.1) is 16.0 Å². The largest absolute Gasteiger partial charge is 0.444 e. The number of hydrogen-bond donors (Lipinski definition) is 2. The summed E-state index contributed by atoms with van der Waals surface area (Å²) < 4.78 is 38.6. The van der Waals surface area contributed by atoms with E-state index in [9.17, 15) is 28.4 Å². The number of carbonyl (C=O) groups is 1. The predicted molar refractivity (Wildman–Crippen MR) is 135 cm³/mol. The highest BCUT2D eigenvalue weighted by Gasteiger charge is 2.32. The van der Waals surface area contributed by atoms with Crippen molar-refractivity contribution in [3.05, 3.63) is 70.3 Å². The van der Waals surface area contributed by atoms with E-state index in [2.05, 4.69) is 5.32 Å². The topological polar surface area (TPSA) is 148 Å². The second-order valence-electron chi connectivity index (χ2n) is 9.37. The van der Waals surface area contributed by atoms with Gasteiger partial charge in [0.25, 0.3) is 5.69 Å². The monoisotopic (exact) mass is 535 g/mol. The van der Waals surface area contributed by atoms with E-state index in [1.54, 1.807) is 0 Å². The molecule has 202 valence electrons. The van der Waals surface area contributed by atoms with Crippen LogP contribution in [0.15, 0.2) is 59.5 Å². The van der Waals surface area contributed by atoms with Crippen LogP contribution >= 0.6 is 0 Å². The molecule has 0 aromatic heterocycles. The fourth-order valence-corrected chi connectivity index (χ4v) is 5.62. The van der Waals surface area contributed by atoms with Gasteiger partial charge in [-0.05, 0) is 30.0 Å². The summed E-state index contributed by atoms with van der Waals surface area (Å²) in [7, 11) is -4.10. The van der Waals surface area contributed by atoms with Crippen molar-refractivity contribution in [3.63, 3.8) is 0 Å². The first-order valence-corrected chi connectivity index (χ1v) is 13.5. The molecule has 1 aliphatic heterocycles. The molecule has 3 atom stereocenters. The molecule has 0 bridgehead atoms. The van der Waals surface area contributed by atoms with Gasteiger partial charge in [0.2, 0.25) is 10.0 Å². The highest BCUT2D eigenvalue weighted by Crippen LogP contribution is 2.22. The fraction of sp³-hybridized carbons (Fsp3) is 0.480. The normalized spacial score (nSPS) is 17.5. The summed E-state index contributed by atoms with van der Waals surface area (Å²) in [5.74, 6) is -0.0760. The second kappa shape index (κ2) is 13.0. The Morgan fingerprint density at radius 3 is 2.43 bits per heavy atom. The number of rotatable bonds is 12. The van der Waals surface area contributed by atoms with Crippen molar-refractivity contribution in [1.29, 1.82) is 0 Å². The highest BCUT2D eigenvalue weighted by atomic mass is 32.2. The van der Waals surface area contributed by atoms with E-state index in [-0.39, 0.29) is 42.1 Å². The Hall–Kier alpha value is -3.06. The summed E-state index contributed by atoms with van der Waals surface area (Å²) in [6, 6.07) is 12.9. The number of sulfonamides is 1. The molecule has 3 rings (SSSR count). The van der Waals surface area contributed by atoms with Crippen LogP contribution in [-0.4, -0.2) is 73.4 Å². The van der Waals surface area contributed by atoms with E-state index >= 15 is 0 Å². The molecular weight excluding hydrogens is 502 g/mol. The van der Waals surface area contributed by atoms with Crippen LogP contribution < -0.4 is 5.32 Å². The molecule has 1 saturated heterocycles. The maximum absolute atomic E-state index is 13.4. The zero-order chi connectivity index (χ0) is 27.0. The first-order valence-electron chi connectivity index (χ1n) is 12.1. The lowest BCUT2D eigenvalue weighted by Crippen LogP contribution is -2.51. The van der Waals surface area contributed by atoms with Gasteiger partial charge < -0.3 is 19.9 Å². The molecule has 2 aromatic carbocycles. The van der Waals surface area contributed by atoms with Gasteiger partial charge in [-0.2, -0.15) is 4.31 Å².